The largest absolute Gasteiger partial charge is 0.444 e. The predicted octanol–water partition coefficient (Wildman–Crippen LogP) is 4.41. The van der Waals surface area contributed by atoms with Crippen LogP contribution in [0, 0.1) is 17.0 Å². The van der Waals surface area contributed by atoms with Crippen LogP contribution >= 0.6 is 15.9 Å². The Bertz CT molecular complexity index is 704. The minimum atomic E-state index is -0.753. The van der Waals surface area contributed by atoms with Gasteiger partial charge in [-0.1, -0.05) is 30.3 Å². The van der Waals surface area contributed by atoms with Crippen molar-refractivity contribution in [2.45, 2.75) is 13.5 Å². The van der Waals surface area contributed by atoms with Gasteiger partial charge in [0.05, 0.1) is 4.92 Å². The number of carbonyl (C=O) groups excluding carboxylic acids is 1. The summed E-state index contributed by atoms with van der Waals surface area (Å²) in [4.78, 5) is 22.3. The Kier molecular flexibility index (Phi) is 5.11. The molecule has 1 amide bonds. The number of nitrogens with one attached hydrogen (secondary N) is 1. The van der Waals surface area contributed by atoms with Crippen molar-refractivity contribution in [3.63, 3.8) is 0 Å². The average molecular weight is 365 g/mol. The summed E-state index contributed by atoms with van der Waals surface area (Å²) in [6.45, 7) is 1.82. The molecule has 0 aliphatic rings. The molecule has 0 heterocycles. The number of halogens is 1. The Labute approximate surface area is 135 Å². The molecule has 0 atom stereocenters. The van der Waals surface area contributed by atoms with Gasteiger partial charge in [0.2, 0.25) is 0 Å². The first-order valence-corrected chi connectivity index (χ1v) is 7.19. The number of rotatable bonds is 4. The van der Waals surface area contributed by atoms with Crippen molar-refractivity contribution < 1.29 is 14.5 Å². The number of hydrogen-bond acceptors (Lipinski definition) is 4. The zero-order valence-electron chi connectivity index (χ0n) is 11.7. The fourth-order valence-corrected chi connectivity index (χ4v) is 2.52. The highest BCUT2D eigenvalue weighted by Gasteiger charge is 2.20. The molecule has 0 bridgehead atoms. The first kappa shape index (κ1) is 16.0. The number of nitrogens with zero attached hydrogens (tertiary/aromatic N) is 1. The summed E-state index contributed by atoms with van der Waals surface area (Å²) in [6.07, 6.45) is -0.753. The van der Waals surface area contributed by atoms with Crippen molar-refractivity contribution >= 4 is 33.4 Å². The van der Waals surface area contributed by atoms with E-state index < -0.39 is 11.0 Å². The highest BCUT2D eigenvalue weighted by Crippen LogP contribution is 2.34. The van der Waals surface area contributed by atoms with Gasteiger partial charge in [-0.25, -0.2) is 4.79 Å². The summed E-state index contributed by atoms with van der Waals surface area (Å²) in [6, 6.07) is 12.2. The number of anilines is 1. The quantitative estimate of drug-likeness (QED) is 0.643. The van der Waals surface area contributed by atoms with Gasteiger partial charge < -0.3 is 4.74 Å². The molecular formula is C15H13BrN2O4. The SMILES string of the molecule is Cc1cc(Br)c(NC(=O)OCc2ccccc2)c([N+](=O)[O-])c1. The van der Waals surface area contributed by atoms with Crippen molar-refractivity contribution in [1.82, 2.24) is 0 Å². The molecule has 6 nitrogen and oxygen atoms in total. The normalized spacial score (nSPS) is 10.1. The maximum absolute atomic E-state index is 11.8. The molecule has 2 aromatic rings. The van der Waals surface area contributed by atoms with Gasteiger partial charge in [0, 0.05) is 10.5 Å². The van der Waals surface area contributed by atoms with Crippen LogP contribution in [0.2, 0.25) is 0 Å². The van der Waals surface area contributed by atoms with Crippen LogP contribution in [0.1, 0.15) is 11.1 Å². The topological polar surface area (TPSA) is 81.5 Å². The molecule has 0 aliphatic heterocycles. The molecule has 0 fully saturated rings. The lowest BCUT2D eigenvalue weighted by molar-refractivity contribution is -0.384. The van der Waals surface area contributed by atoms with Gasteiger partial charge in [0.15, 0.2) is 0 Å². The lowest BCUT2D eigenvalue weighted by Gasteiger charge is -2.10. The van der Waals surface area contributed by atoms with E-state index in [0.29, 0.717) is 10.0 Å². The summed E-state index contributed by atoms with van der Waals surface area (Å²) in [5, 5.41) is 13.5. The smallest absolute Gasteiger partial charge is 0.412 e. The molecule has 2 aromatic carbocycles. The third-order valence-corrected chi connectivity index (χ3v) is 3.48. The standard InChI is InChI=1S/C15H13BrN2O4/c1-10-7-12(16)14(13(8-10)18(20)21)17-15(19)22-9-11-5-3-2-4-6-11/h2-8H,9H2,1H3,(H,17,19). The third-order valence-electron chi connectivity index (χ3n) is 2.85. The lowest BCUT2D eigenvalue weighted by atomic mass is 10.2. The van der Waals surface area contributed by atoms with E-state index in [4.69, 9.17) is 4.74 Å². The zero-order valence-corrected chi connectivity index (χ0v) is 13.3. The number of nitro groups is 1. The highest BCUT2D eigenvalue weighted by molar-refractivity contribution is 9.10. The van der Waals surface area contributed by atoms with Gasteiger partial charge in [0.1, 0.15) is 12.3 Å². The third kappa shape index (κ3) is 4.05. The lowest BCUT2D eigenvalue weighted by Crippen LogP contribution is -2.15. The predicted molar refractivity (Wildman–Crippen MR) is 85.8 cm³/mol. The van der Waals surface area contributed by atoms with E-state index in [0.717, 1.165) is 5.56 Å². The van der Waals surface area contributed by atoms with Gasteiger partial charge in [-0.2, -0.15) is 0 Å². The van der Waals surface area contributed by atoms with Crippen LogP contribution in [0.5, 0.6) is 0 Å². The summed E-state index contributed by atoms with van der Waals surface area (Å²) < 4.78 is 5.49. The molecular weight excluding hydrogens is 352 g/mol. The Hall–Kier alpha value is -2.41. The van der Waals surface area contributed by atoms with Crippen LogP contribution in [0.4, 0.5) is 16.2 Å². The van der Waals surface area contributed by atoms with Crippen molar-refractivity contribution in [2.75, 3.05) is 5.32 Å². The van der Waals surface area contributed by atoms with Gasteiger partial charge in [-0.3, -0.25) is 15.4 Å². The number of carbonyl (C=O) groups is 1. The molecule has 0 unspecified atom stereocenters. The first-order valence-electron chi connectivity index (χ1n) is 6.39. The fourth-order valence-electron chi connectivity index (χ4n) is 1.85. The van der Waals surface area contributed by atoms with Crippen LogP contribution < -0.4 is 5.32 Å². The summed E-state index contributed by atoms with van der Waals surface area (Å²) in [5.41, 5.74) is 1.43. The van der Waals surface area contributed by atoms with Crippen LogP contribution in [0.15, 0.2) is 46.9 Å². The number of amides is 1. The Balaban J connectivity index is 2.10. The van der Waals surface area contributed by atoms with E-state index in [2.05, 4.69) is 21.2 Å². The van der Waals surface area contributed by atoms with Gasteiger partial charge in [-0.05, 0) is 40.0 Å². The average Bonchev–Trinajstić information content (AvgIpc) is 2.48. The van der Waals surface area contributed by atoms with Gasteiger partial charge >= 0.3 is 6.09 Å². The Morgan fingerprint density at radius 3 is 2.64 bits per heavy atom. The van der Waals surface area contributed by atoms with Crippen LogP contribution in [0.3, 0.4) is 0 Å². The molecule has 114 valence electrons. The number of aryl methyl sites for hydroxylation is 1. The maximum atomic E-state index is 11.8. The number of nitro benzene ring substituents is 1. The van der Waals surface area contributed by atoms with E-state index in [1.165, 1.54) is 6.07 Å². The van der Waals surface area contributed by atoms with Gasteiger partial charge in [0.25, 0.3) is 5.69 Å². The van der Waals surface area contributed by atoms with Crippen LogP contribution in [0.25, 0.3) is 0 Å². The van der Waals surface area contributed by atoms with Crippen molar-refractivity contribution in [2.24, 2.45) is 0 Å². The van der Waals surface area contributed by atoms with Crippen LogP contribution in [-0.4, -0.2) is 11.0 Å². The molecule has 0 radical (unpaired) electrons. The van der Waals surface area contributed by atoms with Crippen molar-refractivity contribution in [3.8, 4) is 0 Å². The van der Waals surface area contributed by atoms with Gasteiger partial charge in [-0.15, -0.1) is 0 Å². The number of ether oxygens (including phenoxy) is 1. The van der Waals surface area contributed by atoms with E-state index >= 15 is 0 Å². The molecule has 0 saturated heterocycles. The molecule has 1 N–H and O–H groups in total. The van der Waals surface area contributed by atoms with Crippen molar-refractivity contribution in [1.29, 1.82) is 0 Å². The van der Waals surface area contributed by atoms with E-state index in [1.807, 2.05) is 30.3 Å². The molecule has 0 spiro atoms. The first-order chi connectivity index (χ1) is 10.5. The fraction of sp³-hybridized carbons (Fsp3) is 0.133. The van der Waals surface area contributed by atoms with E-state index in [-0.39, 0.29) is 18.0 Å². The molecule has 2 rings (SSSR count). The van der Waals surface area contributed by atoms with E-state index in [1.54, 1.807) is 13.0 Å². The molecule has 0 saturated carbocycles. The molecule has 7 heteroatoms. The second kappa shape index (κ2) is 7.04. The van der Waals surface area contributed by atoms with E-state index in [9.17, 15) is 14.9 Å². The Morgan fingerprint density at radius 1 is 1.32 bits per heavy atom. The maximum Gasteiger partial charge on any atom is 0.412 e. The molecule has 0 aliphatic carbocycles. The monoisotopic (exact) mass is 364 g/mol. The minimum Gasteiger partial charge on any atom is -0.444 e. The molecule has 0 aromatic heterocycles. The highest BCUT2D eigenvalue weighted by atomic mass is 79.9. The summed E-state index contributed by atoms with van der Waals surface area (Å²) >= 11 is 3.22. The zero-order chi connectivity index (χ0) is 16.1. The number of hydrogen-bond donors (Lipinski definition) is 1. The summed E-state index contributed by atoms with van der Waals surface area (Å²) in [7, 11) is 0. The second-order valence-corrected chi connectivity index (χ2v) is 5.44. The van der Waals surface area contributed by atoms with Crippen molar-refractivity contribution in [3.05, 3.63) is 68.2 Å². The summed E-state index contributed by atoms with van der Waals surface area (Å²) in [5.74, 6) is 0. The minimum absolute atomic E-state index is 0.0775. The Morgan fingerprint density at radius 2 is 2.00 bits per heavy atom. The van der Waals surface area contributed by atoms with Crippen LogP contribution in [-0.2, 0) is 11.3 Å². The second-order valence-electron chi connectivity index (χ2n) is 4.58. The number of benzene rings is 2. The molecule has 22 heavy (non-hydrogen) atoms.